The molecule has 5 heteroatoms. The van der Waals surface area contributed by atoms with Crippen molar-refractivity contribution >= 4 is 22.4 Å². The number of nitrogens with zero attached hydrogens (tertiary/aromatic N) is 1. The zero-order valence-electron chi connectivity index (χ0n) is 13.0. The second kappa shape index (κ2) is 6.50. The lowest BCUT2D eigenvalue weighted by molar-refractivity contribution is -0.384. The number of benzene rings is 3. The molecule has 0 radical (unpaired) electrons. The van der Waals surface area contributed by atoms with E-state index in [9.17, 15) is 14.9 Å². The van der Waals surface area contributed by atoms with E-state index in [0.717, 1.165) is 16.3 Å². The predicted octanol–water partition coefficient (Wildman–Crippen LogP) is 4.05. The van der Waals surface area contributed by atoms with Gasteiger partial charge in [-0.1, -0.05) is 48.5 Å². The van der Waals surface area contributed by atoms with Crippen LogP contribution in [0.5, 0.6) is 0 Å². The van der Waals surface area contributed by atoms with Gasteiger partial charge in [-0.25, -0.2) is 0 Å². The molecule has 0 N–H and O–H groups in total. The first-order valence-corrected chi connectivity index (χ1v) is 7.41. The summed E-state index contributed by atoms with van der Waals surface area (Å²) in [4.78, 5) is 22.6. The highest BCUT2D eigenvalue weighted by atomic mass is 16.6. The van der Waals surface area contributed by atoms with Gasteiger partial charge in [0.1, 0.15) is 5.92 Å². The molecule has 0 aliphatic rings. The fraction of sp³-hybridized carbons (Fsp3) is 0.105. The maximum absolute atomic E-state index is 12.3. The summed E-state index contributed by atoms with van der Waals surface area (Å²) in [5.41, 5.74) is 1.43. The fourth-order valence-corrected chi connectivity index (χ4v) is 2.76. The molecule has 120 valence electrons. The molecule has 0 spiro atoms. The van der Waals surface area contributed by atoms with Crippen LogP contribution in [0.1, 0.15) is 17.0 Å². The molecule has 5 nitrogen and oxygen atoms in total. The van der Waals surface area contributed by atoms with Crippen LogP contribution in [-0.2, 0) is 9.53 Å². The molecule has 0 saturated heterocycles. The largest absolute Gasteiger partial charge is 0.468 e. The van der Waals surface area contributed by atoms with Crippen molar-refractivity contribution in [3.63, 3.8) is 0 Å². The van der Waals surface area contributed by atoms with Crippen molar-refractivity contribution < 1.29 is 14.5 Å². The summed E-state index contributed by atoms with van der Waals surface area (Å²) >= 11 is 0. The van der Waals surface area contributed by atoms with E-state index < -0.39 is 16.8 Å². The van der Waals surface area contributed by atoms with E-state index in [-0.39, 0.29) is 5.69 Å². The zero-order valence-corrected chi connectivity index (χ0v) is 13.0. The number of esters is 1. The Bertz CT molecular complexity index is 903. The van der Waals surface area contributed by atoms with Gasteiger partial charge in [0.25, 0.3) is 5.69 Å². The lowest BCUT2D eigenvalue weighted by Crippen LogP contribution is -2.15. The van der Waals surface area contributed by atoms with Crippen molar-refractivity contribution in [1.82, 2.24) is 0 Å². The van der Waals surface area contributed by atoms with Crippen LogP contribution < -0.4 is 0 Å². The molecule has 24 heavy (non-hydrogen) atoms. The third kappa shape index (κ3) is 2.96. The third-order valence-electron chi connectivity index (χ3n) is 3.98. The summed E-state index contributed by atoms with van der Waals surface area (Å²) in [6, 6.07) is 19.6. The first-order valence-electron chi connectivity index (χ1n) is 7.41. The Morgan fingerprint density at radius 3 is 2.21 bits per heavy atom. The summed E-state index contributed by atoms with van der Waals surface area (Å²) in [5.74, 6) is -1.03. The van der Waals surface area contributed by atoms with Gasteiger partial charge < -0.3 is 4.74 Å². The number of carbonyl (C=O) groups is 1. The second-order valence-electron chi connectivity index (χ2n) is 5.41. The normalized spacial score (nSPS) is 11.9. The minimum Gasteiger partial charge on any atom is -0.468 e. The van der Waals surface area contributed by atoms with Crippen molar-refractivity contribution in [2.45, 2.75) is 5.92 Å². The average molecular weight is 321 g/mol. The van der Waals surface area contributed by atoms with Gasteiger partial charge in [0.15, 0.2) is 0 Å². The molecule has 0 aliphatic carbocycles. The Morgan fingerprint density at radius 2 is 1.58 bits per heavy atom. The molecule has 0 fully saturated rings. The lowest BCUT2D eigenvalue weighted by atomic mass is 9.90. The van der Waals surface area contributed by atoms with Crippen molar-refractivity contribution in [3.8, 4) is 0 Å². The van der Waals surface area contributed by atoms with Gasteiger partial charge in [0.2, 0.25) is 0 Å². The van der Waals surface area contributed by atoms with E-state index >= 15 is 0 Å². The Labute approximate surface area is 138 Å². The molecule has 0 unspecified atom stereocenters. The molecular formula is C19H15NO4. The first-order chi connectivity index (χ1) is 11.6. The number of rotatable bonds is 4. The highest BCUT2D eigenvalue weighted by Gasteiger charge is 2.24. The molecule has 0 saturated carbocycles. The van der Waals surface area contributed by atoms with Gasteiger partial charge in [-0.15, -0.1) is 0 Å². The number of hydrogen-bond acceptors (Lipinski definition) is 4. The van der Waals surface area contributed by atoms with Crippen LogP contribution in [0.2, 0.25) is 0 Å². The Kier molecular flexibility index (Phi) is 4.24. The highest BCUT2D eigenvalue weighted by Crippen LogP contribution is 2.29. The van der Waals surface area contributed by atoms with Crippen LogP contribution in [0.3, 0.4) is 0 Å². The van der Waals surface area contributed by atoms with E-state index in [1.807, 2.05) is 42.5 Å². The van der Waals surface area contributed by atoms with Crippen molar-refractivity contribution in [2.24, 2.45) is 0 Å². The number of non-ortho nitro benzene ring substituents is 1. The van der Waals surface area contributed by atoms with Crippen LogP contribution in [0, 0.1) is 10.1 Å². The van der Waals surface area contributed by atoms with Gasteiger partial charge in [-0.05, 0) is 28.0 Å². The number of ether oxygens (including phenoxy) is 1. The van der Waals surface area contributed by atoms with E-state index in [4.69, 9.17) is 4.74 Å². The molecule has 3 aromatic rings. The highest BCUT2D eigenvalue weighted by molar-refractivity contribution is 5.87. The molecule has 3 rings (SSSR count). The molecule has 0 aliphatic heterocycles. The Hall–Kier alpha value is -3.21. The zero-order chi connectivity index (χ0) is 17.1. The molecular weight excluding hydrogens is 306 g/mol. The monoisotopic (exact) mass is 321 g/mol. The molecule has 0 heterocycles. The summed E-state index contributed by atoms with van der Waals surface area (Å²) in [6.07, 6.45) is 0. The number of nitro groups is 1. The number of hydrogen-bond donors (Lipinski definition) is 0. The fourth-order valence-electron chi connectivity index (χ4n) is 2.76. The van der Waals surface area contributed by atoms with Crippen LogP contribution >= 0.6 is 0 Å². The van der Waals surface area contributed by atoms with Crippen LogP contribution in [0.15, 0.2) is 66.7 Å². The summed E-state index contributed by atoms with van der Waals surface area (Å²) in [5, 5.41) is 12.9. The van der Waals surface area contributed by atoms with Crippen molar-refractivity contribution in [1.29, 1.82) is 0 Å². The number of nitro benzene ring substituents is 1. The average Bonchev–Trinajstić information content (AvgIpc) is 2.62. The topological polar surface area (TPSA) is 69.4 Å². The minimum absolute atomic E-state index is 0.0131. The van der Waals surface area contributed by atoms with E-state index in [0.29, 0.717) is 5.56 Å². The van der Waals surface area contributed by atoms with Crippen LogP contribution in [-0.4, -0.2) is 18.0 Å². The van der Waals surface area contributed by atoms with Crippen molar-refractivity contribution in [3.05, 3.63) is 88.0 Å². The smallest absolute Gasteiger partial charge is 0.317 e. The van der Waals surface area contributed by atoms with E-state index in [1.54, 1.807) is 12.1 Å². The van der Waals surface area contributed by atoms with Gasteiger partial charge >= 0.3 is 5.97 Å². The number of fused-ring (bicyclic) bond motifs is 1. The molecule has 1 atom stereocenters. The van der Waals surface area contributed by atoms with Gasteiger partial charge in [-0.2, -0.15) is 0 Å². The summed E-state index contributed by atoms with van der Waals surface area (Å²) in [6.45, 7) is 0. The maximum Gasteiger partial charge on any atom is 0.317 e. The van der Waals surface area contributed by atoms with Gasteiger partial charge in [-0.3, -0.25) is 14.9 Å². The van der Waals surface area contributed by atoms with Crippen LogP contribution in [0.25, 0.3) is 10.8 Å². The molecule has 3 aromatic carbocycles. The maximum atomic E-state index is 12.3. The molecule has 0 amide bonds. The second-order valence-corrected chi connectivity index (χ2v) is 5.41. The summed E-state index contributed by atoms with van der Waals surface area (Å²) in [7, 11) is 1.34. The predicted molar refractivity (Wildman–Crippen MR) is 90.9 cm³/mol. The minimum atomic E-state index is -0.625. The van der Waals surface area contributed by atoms with Gasteiger partial charge in [0.05, 0.1) is 12.0 Å². The molecule has 0 bridgehead atoms. The number of methoxy groups -OCH3 is 1. The first kappa shape index (κ1) is 15.7. The third-order valence-corrected chi connectivity index (χ3v) is 3.98. The standard InChI is InChI=1S/C19H15NO4/c1-24-19(21)18(14-8-10-17(11-9-14)20(22)23)16-7-6-13-4-2-3-5-15(13)12-16/h2-12,18H,1H3/t18-/m0/s1. The Balaban J connectivity index is 2.07. The SMILES string of the molecule is COC(=O)[C@@H](c1ccc([N+](=O)[O-])cc1)c1ccc2ccccc2c1. The van der Waals surface area contributed by atoms with E-state index in [1.165, 1.54) is 19.2 Å². The lowest BCUT2D eigenvalue weighted by Gasteiger charge is -2.16. The van der Waals surface area contributed by atoms with Crippen LogP contribution in [0.4, 0.5) is 5.69 Å². The van der Waals surface area contributed by atoms with Gasteiger partial charge in [0, 0.05) is 12.1 Å². The molecule has 0 aromatic heterocycles. The Morgan fingerprint density at radius 1 is 0.958 bits per heavy atom. The van der Waals surface area contributed by atoms with Crippen molar-refractivity contribution in [2.75, 3.05) is 7.11 Å². The summed E-state index contributed by atoms with van der Waals surface area (Å²) < 4.78 is 4.94. The number of carbonyl (C=O) groups excluding carboxylic acids is 1. The van der Waals surface area contributed by atoms with E-state index in [2.05, 4.69) is 0 Å². The quantitative estimate of drug-likeness (QED) is 0.413.